The van der Waals surface area contributed by atoms with Gasteiger partial charge in [0.1, 0.15) is 11.9 Å². The Kier molecular flexibility index (Phi) is 3.13. The molecule has 0 unspecified atom stereocenters. The molecule has 7 nitrogen and oxygen atoms in total. The molecule has 0 saturated carbocycles. The number of sulfonamides is 1. The molecule has 0 spiro atoms. The summed E-state index contributed by atoms with van der Waals surface area (Å²) in [6.45, 7) is 0. The summed E-state index contributed by atoms with van der Waals surface area (Å²) in [5, 5.41) is 0.492. The third kappa shape index (κ3) is 2.39. The van der Waals surface area contributed by atoms with Crippen molar-refractivity contribution in [1.29, 1.82) is 0 Å². The second kappa shape index (κ2) is 4.59. The molecule has 0 aliphatic heterocycles. The molecule has 8 heteroatoms. The summed E-state index contributed by atoms with van der Waals surface area (Å²) in [6.07, 6.45) is 0.866. The van der Waals surface area contributed by atoms with Crippen molar-refractivity contribution in [3.05, 3.63) is 40.8 Å². The van der Waals surface area contributed by atoms with Crippen LogP contribution in [0.5, 0.6) is 0 Å². The average Bonchev–Trinajstić information content (AvgIpc) is 2.35. The van der Waals surface area contributed by atoms with Gasteiger partial charge in [0.15, 0.2) is 0 Å². The first-order chi connectivity index (χ1) is 8.53. The lowest BCUT2D eigenvalue weighted by atomic mass is 10.2. The number of rotatable bonds is 3. The zero-order valence-electron chi connectivity index (χ0n) is 9.03. The van der Waals surface area contributed by atoms with Crippen LogP contribution in [0.15, 0.2) is 48.8 Å². The molecule has 0 amide bonds. The van der Waals surface area contributed by atoms with E-state index in [4.69, 9.17) is 10.3 Å². The highest BCUT2D eigenvalue weighted by Gasteiger charge is 2.12. The van der Waals surface area contributed by atoms with E-state index in [-0.39, 0.29) is 4.90 Å². The van der Waals surface area contributed by atoms with Crippen molar-refractivity contribution in [2.24, 2.45) is 10.2 Å². The third-order valence-corrected chi connectivity index (χ3v) is 3.39. The number of fused-ring (bicyclic) bond motifs is 1. The molecule has 2 rings (SSSR count). The molecule has 0 aliphatic carbocycles. The fraction of sp³-hybridized carbons (Fsp3) is 0. The zero-order chi connectivity index (χ0) is 13.2. The molecule has 0 radical (unpaired) electrons. The highest BCUT2D eigenvalue weighted by atomic mass is 32.2. The number of nitrogens with one attached hydrogen (secondary N) is 1. The lowest BCUT2D eigenvalue weighted by molar-refractivity contribution is 0.560. The second-order valence-electron chi connectivity index (χ2n) is 3.33. The normalized spacial score (nSPS) is 12.1. The van der Waals surface area contributed by atoms with Crippen molar-refractivity contribution < 1.29 is 12.8 Å². The third-order valence-electron chi connectivity index (χ3n) is 2.15. The van der Waals surface area contributed by atoms with Gasteiger partial charge >= 0.3 is 5.63 Å². The Morgan fingerprint density at radius 2 is 2.06 bits per heavy atom. The quantitative estimate of drug-likeness (QED) is 0.265. The molecule has 18 heavy (non-hydrogen) atoms. The summed E-state index contributed by atoms with van der Waals surface area (Å²) in [5.74, 6) is 4.91. The van der Waals surface area contributed by atoms with Crippen LogP contribution in [0.25, 0.3) is 11.0 Å². The molecular formula is C10H9N3O4S. The summed E-state index contributed by atoms with van der Waals surface area (Å²) in [7, 11) is -3.82. The standard InChI is InChI=1S/C10H9N3O4S/c11-12-6-13-18(15,16)8-2-3-9-7(5-8)1-4-10(14)17-9/h1-6H,11H2,(H,12,13). The Hall–Kier alpha value is -2.19. The fourth-order valence-corrected chi connectivity index (χ4v) is 2.21. The van der Waals surface area contributed by atoms with Crippen LogP contribution in [0.3, 0.4) is 0 Å². The van der Waals surface area contributed by atoms with E-state index < -0.39 is 15.6 Å². The van der Waals surface area contributed by atoms with Crippen LogP contribution >= 0.6 is 0 Å². The minimum absolute atomic E-state index is 0.0182. The van der Waals surface area contributed by atoms with Crippen molar-refractivity contribution in [3.8, 4) is 0 Å². The highest BCUT2D eigenvalue weighted by Crippen LogP contribution is 2.19. The van der Waals surface area contributed by atoms with Gasteiger partial charge in [0.2, 0.25) is 0 Å². The summed E-state index contributed by atoms with van der Waals surface area (Å²) in [5.41, 5.74) is 1.82. The van der Waals surface area contributed by atoms with E-state index in [1.54, 1.807) is 0 Å². The molecule has 0 aliphatic rings. The van der Waals surface area contributed by atoms with E-state index in [0.717, 1.165) is 6.34 Å². The lowest BCUT2D eigenvalue weighted by Gasteiger charge is -2.00. The first-order valence-corrected chi connectivity index (χ1v) is 6.26. The monoisotopic (exact) mass is 267 g/mol. The Labute approximate surface area is 102 Å². The Bertz CT molecular complexity index is 764. The highest BCUT2D eigenvalue weighted by molar-refractivity contribution is 7.90. The largest absolute Gasteiger partial charge is 0.423 e. The van der Waals surface area contributed by atoms with Gasteiger partial charge in [0.25, 0.3) is 10.0 Å². The van der Waals surface area contributed by atoms with Gasteiger partial charge in [-0.3, -0.25) is 0 Å². The zero-order valence-corrected chi connectivity index (χ0v) is 9.85. The topological polar surface area (TPSA) is 115 Å². The summed E-state index contributed by atoms with van der Waals surface area (Å²) >= 11 is 0. The van der Waals surface area contributed by atoms with Crippen LogP contribution in [0.2, 0.25) is 0 Å². The molecule has 1 aromatic heterocycles. The molecule has 0 saturated heterocycles. The Balaban J connectivity index is 2.57. The molecule has 0 atom stereocenters. The van der Waals surface area contributed by atoms with E-state index in [1.807, 2.05) is 5.43 Å². The first kappa shape index (κ1) is 12.3. The van der Waals surface area contributed by atoms with Crippen LogP contribution in [0, 0.1) is 0 Å². The maximum atomic E-state index is 11.7. The van der Waals surface area contributed by atoms with E-state index in [0.29, 0.717) is 11.0 Å². The minimum Gasteiger partial charge on any atom is -0.423 e. The second-order valence-corrected chi connectivity index (χ2v) is 4.96. The number of hydrogen-bond acceptors (Lipinski definition) is 5. The van der Waals surface area contributed by atoms with Crippen molar-refractivity contribution in [2.75, 3.05) is 0 Å². The Morgan fingerprint density at radius 1 is 1.28 bits per heavy atom. The van der Waals surface area contributed by atoms with Gasteiger partial charge in [-0.25, -0.2) is 10.6 Å². The maximum absolute atomic E-state index is 11.7. The van der Waals surface area contributed by atoms with Gasteiger partial charge in [-0.1, -0.05) is 0 Å². The predicted molar refractivity (Wildman–Crippen MR) is 65.5 cm³/mol. The van der Waals surface area contributed by atoms with Gasteiger partial charge in [-0.2, -0.15) is 8.42 Å². The number of nitrogens with zero attached hydrogens (tertiary/aromatic N) is 1. The fourth-order valence-electron chi connectivity index (χ4n) is 1.37. The van der Waals surface area contributed by atoms with Crippen LogP contribution in [-0.2, 0) is 10.0 Å². The smallest absolute Gasteiger partial charge is 0.336 e. The molecule has 1 aromatic carbocycles. The van der Waals surface area contributed by atoms with E-state index in [9.17, 15) is 13.2 Å². The Morgan fingerprint density at radius 3 is 2.78 bits per heavy atom. The molecule has 0 bridgehead atoms. The van der Waals surface area contributed by atoms with Crippen LogP contribution in [0.1, 0.15) is 0 Å². The first-order valence-electron chi connectivity index (χ1n) is 4.82. The molecule has 3 N–H and O–H groups in total. The lowest BCUT2D eigenvalue weighted by Crippen LogP contribution is -2.20. The number of benzene rings is 1. The maximum Gasteiger partial charge on any atom is 0.336 e. The van der Waals surface area contributed by atoms with Gasteiger partial charge in [-0.05, 0) is 24.3 Å². The van der Waals surface area contributed by atoms with Crippen molar-refractivity contribution in [3.63, 3.8) is 0 Å². The molecule has 94 valence electrons. The van der Waals surface area contributed by atoms with Gasteiger partial charge in [0.05, 0.1) is 4.90 Å². The predicted octanol–water partition coefficient (Wildman–Crippen LogP) is -0.0267. The number of hydrogen-bond donors (Lipinski definition) is 2. The summed E-state index contributed by atoms with van der Waals surface area (Å²) < 4.78 is 31.6. The molecule has 0 fully saturated rings. The number of nitrogens with two attached hydrogens (primary N) is 1. The van der Waals surface area contributed by atoms with E-state index in [2.05, 4.69) is 4.40 Å². The minimum atomic E-state index is -3.82. The van der Waals surface area contributed by atoms with Gasteiger partial charge in [0, 0.05) is 11.5 Å². The van der Waals surface area contributed by atoms with Crippen LogP contribution < -0.4 is 16.9 Å². The van der Waals surface area contributed by atoms with Gasteiger partial charge in [-0.15, -0.1) is 4.40 Å². The SMILES string of the molecule is NNC=NS(=O)(=O)c1ccc2oc(=O)ccc2c1. The van der Waals surface area contributed by atoms with Crippen LogP contribution in [-0.4, -0.2) is 14.8 Å². The van der Waals surface area contributed by atoms with Gasteiger partial charge < -0.3 is 9.84 Å². The molecule has 2 aromatic rings. The number of hydrazine groups is 1. The average molecular weight is 267 g/mol. The van der Waals surface area contributed by atoms with Crippen molar-refractivity contribution in [2.45, 2.75) is 4.90 Å². The molecular weight excluding hydrogens is 258 g/mol. The van der Waals surface area contributed by atoms with E-state index >= 15 is 0 Å². The van der Waals surface area contributed by atoms with Crippen LogP contribution in [0.4, 0.5) is 0 Å². The van der Waals surface area contributed by atoms with E-state index in [1.165, 1.54) is 30.3 Å². The molecule has 1 heterocycles. The summed E-state index contributed by atoms with van der Waals surface area (Å²) in [4.78, 5) is 11.0. The van der Waals surface area contributed by atoms with Crippen molar-refractivity contribution in [1.82, 2.24) is 5.43 Å². The van der Waals surface area contributed by atoms with Crippen molar-refractivity contribution >= 4 is 27.3 Å². The summed E-state index contributed by atoms with van der Waals surface area (Å²) in [6, 6.07) is 6.75.